The third-order valence-electron chi connectivity index (χ3n) is 11.0. The van der Waals surface area contributed by atoms with Crippen LogP contribution in [0.2, 0.25) is 0 Å². The van der Waals surface area contributed by atoms with E-state index in [-0.39, 0.29) is 16.6 Å². The average Bonchev–Trinajstić information content (AvgIpc) is 3.42. The number of unbranched alkanes of at least 4 members (excludes halogenated alkanes) is 8. The molecular formula is C42H59N2O4+. The monoisotopic (exact) mass is 655 g/mol. The SMILES string of the molecule is CCCCCCCN1C(=CC2C(=O)C(=CC3=[N+](CCCCCCC)c4ccc(OC)cc4C3(C)C)C2O)C(C)(C)c2cc(OC)ccc21. The Morgan fingerprint density at radius 1 is 0.812 bits per heavy atom. The molecule has 3 aliphatic rings. The molecule has 2 aromatic carbocycles. The average molecular weight is 656 g/mol. The fraction of sp³-hybridized carbons (Fsp3) is 0.571. The highest BCUT2D eigenvalue weighted by molar-refractivity contribution is 6.14. The van der Waals surface area contributed by atoms with Crippen LogP contribution in [0, 0.1) is 5.92 Å². The van der Waals surface area contributed by atoms with Crippen molar-refractivity contribution in [3.8, 4) is 11.5 Å². The van der Waals surface area contributed by atoms with Gasteiger partial charge in [-0.1, -0.05) is 78.7 Å². The lowest BCUT2D eigenvalue weighted by molar-refractivity contribution is -0.438. The number of benzene rings is 2. The summed E-state index contributed by atoms with van der Waals surface area (Å²) in [4.78, 5) is 16.4. The lowest BCUT2D eigenvalue weighted by Crippen LogP contribution is -2.46. The number of methoxy groups -OCH3 is 2. The molecule has 1 aliphatic carbocycles. The number of aliphatic hydroxyl groups excluding tert-OH is 1. The number of hydrogen-bond donors (Lipinski definition) is 1. The minimum absolute atomic E-state index is 0.0157. The summed E-state index contributed by atoms with van der Waals surface area (Å²) < 4.78 is 13.6. The maximum atomic E-state index is 14.0. The van der Waals surface area contributed by atoms with E-state index in [1.54, 1.807) is 14.2 Å². The molecule has 2 heterocycles. The van der Waals surface area contributed by atoms with Gasteiger partial charge in [-0.15, -0.1) is 0 Å². The normalized spacial score (nSPS) is 22.4. The fourth-order valence-electron chi connectivity index (χ4n) is 7.97. The largest absolute Gasteiger partial charge is 0.497 e. The molecule has 0 aromatic heterocycles. The van der Waals surface area contributed by atoms with Crippen LogP contribution in [0.25, 0.3) is 0 Å². The van der Waals surface area contributed by atoms with Crippen LogP contribution in [0.1, 0.15) is 117 Å². The molecule has 0 amide bonds. The van der Waals surface area contributed by atoms with E-state index in [9.17, 15) is 9.90 Å². The number of Topliss-reactive ketones (excluding diaryl/α,β-unsaturated/α-hetero) is 1. The quantitative estimate of drug-likeness (QED) is 0.111. The molecule has 2 aliphatic heterocycles. The molecular weight excluding hydrogens is 596 g/mol. The van der Waals surface area contributed by atoms with Crippen LogP contribution < -0.4 is 14.4 Å². The Morgan fingerprint density at radius 3 is 2.04 bits per heavy atom. The van der Waals surface area contributed by atoms with Crippen LogP contribution in [-0.4, -0.2) is 54.6 Å². The number of ether oxygens (including phenoxy) is 2. The summed E-state index contributed by atoms with van der Waals surface area (Å²) in [6.07, 6.45) is 15.1. The second-order valence-corrected chi connectivity index (χ2v) is 15.0. The zero-order valence-corrected chi connectivity index (χ0v) is 30.8. The zero-order valence-electron chi connectivity index (χ0n) is 30.8. The van der Waals surface area contributed by atoms with Gasteiger partial charge in [-0.05, 0) is 62.6 Å². The first-order valence-corrected chi connectivity index (χ1v) is 18.5. The molecule has 6 nitrogen and oxygen atoms in total. The van der Waals surface area contributed by atoms with Gasteiger partial charge in [0.05, 0.1) is 31.7 Å². The molecule has 0 spiro atoms. The van der Waals surface area contributed by atoms with Gasteiger partial charge in [-0.3, -0.25) is 4.79 Å². The van der Waals surface area contributed by atoms with Gasteiger partial charge in [0.15, 0.2) is 11.5 Å². The van der Waals surface area contributed by atoms with Crippen molar-refractivity contribution in [2.75, 3.05) is 32.2 Å². The topological polar surface area (TPSA) is 62.0 Å². The van der Waals surface area contributed by atoms with Crippen molar-refractivity contribution in [2.45, 2.75) is 123 Å². The van der Waals surface area contributed by atoms with Crippen LogP contribution in [-0.2, 0) is 15.6 Å². The minimum atomic E-state index is -0.849. The van der Waals surface area contributed by atoms with Gasteiger partial charge in [0.1, 0.15) is 18.0 Å². The summed E-state index contributed by atoms with van der Waals surface area (Å²) in [5.41, 5.74) is 6.74. The van der Waals surface area contributed by atoms with E-state index < -0.39 is 12.0 Å². The molecule has 260 valence electrons. The Hall–Kier alpha value is -3.38. The first kappa shape index (κ1) is 35.9. The van der Waals surface area contributed by atoms with Gasteiger partial charge in [0.2, 0.25) is 5.69 Å². The van der Waals surface area contributed by atoms with E-state index >= 15 is 0 Å². The van der Waals surface area contributed by atoms with Crippen LogP contribution in [0.15, 0.2) is 59.8 Å². The van der Waals surface area contributed by atoms with Crippen molar-refractivity contribution >= 4 is 22.9 Å². The summed E-state index contributed by atoms with van der Waals surface area (Å²) in [5.74, 6) is 1.11. The zero-order chi connectivity index (χ0) is 34.6. The molecule has 2 atom stereocenters. The number of allylic oxidation sites excluding steroid dienone is 2. The Bertz CT molecular complexity index is 1580. The van der Waals surface area contributed by atoms with Crippen molar-refractivity contribution in [3.05, 3.63) is 70.9 Å². The van der Waals surface area contributed by atoms with E-state index in [0.717, 1.165) is 48.8 Å². The number of fused-ring (bicyclic) bond motifs is 2. The summed E-state index contributed by atoms with van der Waals surface area (Å²) >= 11 is 0. The summed E-state index contributed by atoms with van der Waals surface area (Å²) in [6, 6.07) is 12.6. The molecule has 2 aromatic rings. The van der Waals surface area contributed by atoms with Crippen molar-refractivity contribution in [1.82, 2.24) is 0 Å². The number of carbonyl (C=O) groups is 1. The second kappa shape index (κ2) is 15.0. The summed E-state index contributed by atoms with van der Waals surface area (Å²) in [5, 5.41) is 11.7. The number of hydrogen-bond acceptors (Lipinski definition) is 5. The Morgan fingerprint density at radius 2 is 1.42 bits per heavy atom. The molecule has 0 saturated heterocycles. The van der Waals surface area contributed by atoms with E-state index in [1.165, 1.54) is 73.9 Å². The van der Waals surface area contributed by atoms with Crippen LogP contribution in [0.4, 0.5) is 11.4 Å². The molecule has 1 fully saturated rings. The third kappa shape index (κ3) is 6.75. The number of anilines is 1. The maximum absolute atomic E-state index is 14.0. The summed E-state index contributed by atoms with van der Waals surface area (Å²) in [6.45, 7) is 15.1. The highest BCUT2D eigenvalue weighted by Gasteiger charge is 2.50. The van der Waals surface area contributed by atoms with Gasteiger partial charge < -0.3 is 19.5 Å². The standard InChI is InChI=1S/C42H59N2O4/c1-9-11-13-15-17-23-43-35-21-19-29(47-7)25-33(35)41(3,4)37(43)27-31-39(45)32(40(31)46)28-38-42(5,6)34-26-30(48-8)20-22-36(34)44(38)24-18-16-14-12-10-2/h19-22,25-28,31,39,45H,9-18,23-24H2,1-8H3/q+1. The van der Waals surface area contributed by atoms with Crippen molar-refractivity contribution < 1.29 is 24.0 Å². The van der Waals surface area contributed by atoms with E-state index in [2.05, 4.69) is 81.4 Å². The lowest BCUT2D eigenvalue weighted by atomic mass is 9.71. The predicted molar refractivity (Wildman–Crippen MR) is 197 cm³/mol. The Labute approximate surface area is 289 Å². The van der Waals surface area contributed by atoms with Gasteiger partial charge in [-0.2, -0.15) is 4.58 Å². The van der Waals surface area contributed by atoms with Crippen LogP contribution in [0.5, 0.6) is 11.5 Å². The Kier molecular flexibility index (Phi) is 11.2. The van der Waals surface area contributed by atoms with E-state index in [0.29, 0.717) is 5.57 Å². The van der Waals surface area contributed by atoms with Crippen LogP contribution >= 0.6 is 0 Å². The number of aliphatic hydroxyl groups is 1. The smallest absolute Gasteiger partial charge is 0.210 e. The first-order chi connectivity index (χ1) is 23.0. The lowest BCUT2D eigenvalue weighted by Gasteiger charge is -2.35. The first-order valence-electron chi connectivity index (χ1n) is 18.5. The second-order valence-electron chi connectivity index (χ2n) is 15.0. The van der Waals surface area contributed by atoms with E-state index in [4.69, 9.17) is 9.47 Å². The molecule has 5 rings (SSSR count). The number of ketones is 1. The minimum Gasteiger partial charge on any atom is -0.497 e. The highest BCUT2D eigenvalue weighted by Crippen LogP contribution is 2.51. The van der Waals surface area contributed by atoms with Gasteiger partial charge in [0.25, 0.3) is 0 Å². The number of nitrogens with zero attached hydrogens (tertiary/aromatic N) is 2. The molecule has 0 radical (unpaired) electrons. The number of carbonyl (C=O) groups excluding carboxylic acids is 1. The van der Waals surface area contributed by atoms with Gasteiger partial charge in [-0.25, -0.2) is 0 Å². The molecule has 0 bridgehead atoms. The molecule has 1 N–H and O–H groups in total. The van der Waals surface area contributed by atoms with Gasteiger partial charge >= 0.3 is 0 Å². The van der Waals surface area contributed by atoms with E-state index in [1.807, 2.05) is 18.2 Å². The van der Waals surface area contributed by atoms with Gasteiger partial charge in [0, 0.05) is 53.0 Å². The van der Waals surface area contributed by atoms with Crippen molar-refractivity contribution in [3.63, 3.8) is 0 Å². The molecule has 1 saturated carbocycles. The highest BCUT2D eigenvalue weighted by atomic mass is 16.5. The molecule has 2 unspecified atom stereocenters. The summed E-state index contributed by atoms with van der Waals surface area (Å²) in [7, 11) is 3.41. The third-order valence-corrected chi connectivity index (χ3v) is 11.0. The molecule has 48 heavy (non-hydrogen) atoms. The maximum Gasteiger partial charge on any atom is 0.210 e. The Balaban J connectivity index is 1.46. The fourth-order valence-corrected chi connectivity index (χ4v) is 7.97. The molecule has 6 heteroatoms. The van der Waals surface area contributed by atoms with Crippen molar-refractivity contribution in [1.29, 1.82) is 0 Å². The van der Waals surface area contributed by atoms with Crippen molar-refractivity contribution in [2.24, 2.45) is 5.92 Å². The number of rotatable bonds is 16. The predicted octanol–water partition coefficient (Wildman–Crippen LogP) is 9.19. The van der Waals surface area contributed by atoms with Crippen LogP contribution in [0.3, 0.4) is 0 Å².